The lowest BCUT2D eigenvalue weighted by Crippen LogP contribution is -2.38. The van der Waals surface area contributed by atoms with Gasteiger partial charge in [0.1, 0.15) is 5.65 Å². The van der Waals surface area contributed by atoms with Crippen molar-refractivity contribution in [1.29, 1.82) is 0 Å². The minimum Gasteiger partial charge on any atom is -0.350 e. The van der Waals surface area contributed by atoms with E-state index in [9.17, 15) is 13.2 Å². The van der Waals surface area contributed by atoms with Crippen LogP contribution in [-0.2, 0) is 15.8 Å². The second-order valence-electron chi connectivity index (χ2n) is 10.0. The number of nitrogens with zero attached hydrogens (tertiary/aromatic N) is 3. The van der Waals surface area contributed by atoms with E-state index in [1.807, 2.05) is 13.8 Å². The largest absolute Gasteiger partial charge is 0.350 e. The quantitative estimate of drug-likeness (QED) is 0.300. The maximum Gasteiger partial charge on any atom is 0.260 e. The molecule has 1 fully saturated rings. The van der Waals surface area contributed by atoms with Crippen LogP contribution in [0.3, 0.4) is 0 Å². The molecule has 0 radical (unpaired) electrons. The first-order valence-corrected chi connectivity index (χ1v) is 14.6. The number of nitrogens with one attached hydrogen (secondary N) is 3. The van der Waals surface area contributed by atoms with E-state index in [2.05, 4.69) is 25.3 Å². The molecule has 0 spiro atoms. The summed E-state index contributed by atoms with van der Waals surface area (Å²) in [5, 5.41) is 7.25. The van der Waals surface area contributed by atoms with Crippen molar-refractivity contribution in [2.45, 2.75) is 44.5 Å². The Hall–Kier alpha value is -3.83. The topological polar surface area (TPSA) is 118 Å². The number of hydrogen-bond acceptors (Lipinski definition) is 7. The zero-order valence-electron chi connectivity index (χ0n) is 21.8. The number of hydrogen-bond donors (Lipinski definition) is 3. The molecule has 11 heteroatoms. The molecule has 2 aromatic carbocycles. The van der Waals surface area contributed by atoms with Crippen molar-refractivity contribution in [2.75, 3.05) is 23.1 Å². The van der Waals surface area contributed by atoms with Crippen LogP contribution < -0.4 is 20.9 Å². The Balaban J connectivity index is 1.52. The highest BCUT2D eigenvalue weighted by molar-refractivity contribution is 7.91. The number of rotatable bonds is 8. The molecule has 204 valence electrons. The smallest absolute Gasteiger partial charge is 0.260 e. The van der Waals surface area contributed by atoms with Gasteiger partial charge in [-0.3, -0.25) is 14.1 Å². The summed E-state index contributed by atoms with van der Waals surface area (Å²) in [5.41, 5.74) is 0.454. The number of piperidine rings is 1. The summed E-state index contributed by atoms with van der Waals surface area (Å²) in [6, 6.07) is 14.4. The molecule has 4 aromatic rings. The summed E-state index contributed by atoms with van der Waals surface area (Å²) in [6.07, 6.45) is 3.67. The maximum atomic E-state index is 15.7. The fraction of sp³-hybridized carbons (Fsp3) is 0.321. The zero-order valence-corrected chi connectivity index (χ0v) is 22.6. The van der Waals surface area contributed by atoms with Gasteiger partial charge in [0.2, 0.25) is 16.0 Å². The number of fused-ring (bicyclic) bond motifs is 1. The molecule has 1 atom stereocenters. The third kappa shape index (κ3) is 5.94. The molecule has 1 saturated heterocycles. The fourth-order valence-electron chi connectivity index (χ4n) is 4.84. The van der Waals surface area contributed by atoms with Gasteiger partial charge in [-0.05, 0) is 50.9 Å². The predicted molar refractivity (Wildman–Crippen MR) is 152 cm³/mol. The van der Waals surface area contributed by atoms with Crippen LogP contribution in [0.1, 0.15) is 38.3 Å². The van der Waals surface area contributed by atoms with Crippen molar-refractivity contribution in [3.05, 3.63) is 82.5 Å². The fourth-order valence-corrected chi connectivity index (χ4v) is 6.03. The summed E-state index contributed by atoms with van der Waals surface area (Å²) < 4.78 is 45.1. The summed E-state index contributed by atoms with van der Waals surface area (Å²) >= 11 is 0. The number of aromatic nitrogens is 3. The van der Waals surface area contributed by atoms with Crippen molar-refractivity contribution < 1.29 is 12.8 Å². The minimum atomic E-state index is -3.90. The van der Waals surface area contributed by atoms with Gasteiger partial charge < -0.3 is 10.6 Å². The molecule has 0 amide bonds. The van der Waals surface area contributed by atoms with Gasteiger partial charge in [0.25, 0.3) is 5.56 Å². The monoisotopic (exact) mass is 550 g/mol. The highest BCUT2D eigenvalue weighted by Crippen LogP contribution is 2.29. The Morgan fingerprint density at radius 1 is 1.13 bits per heavy atom. The number of halogens is 1. The van der Waals surface area contributed by atoms with Crippen molar-refractivity contribution in [2.24, 2.45) is 0 Å². The van der Waals surface area contributed by atoms with E-state index in [-0.39, 0.29) is 34.7 Å². The summed E-state index contributed by atoms with van der Waals surface area (Å²) in [7, 11) is -3.90. The lowest BCUT2D eigenvalue weighted by Gasteiger charge is -2.24. The van der Waals surface area contributed by atoms with Crippen LogP contribution >= 0.6 is 0 Å². The second kappa shape index (κ2) is 11.1. The Bertz CT molecular complexity index is 1650. The molecule has 5 rings (SSSR count). The third-order valence-electron chi connectivity index (χ3n) is 6.67. The molecule has 1 aliphatic heterocycles. The average molecular weight is 551 g/mol. The number of pyridine rings is 1. The first-order chi connectivity index (χ1) is 18.7. The normalized spacial score (nSPS) is 15.9. The molecule has 1 aliphatic rings. The van der Waals surface area contributed by atoms with Crippen LogP contribution in [0.25, 0.3) is 22.2 Å². The number of benzene rings is 2. The van der Waals surface area contributed by atoms with Gasteiger partial charge in [0.15, 0.2) is 5.82 Å². The Kier molecular flexibility index (Phi) is 7.62. The molecule has 3 N–H and O–H groups in total. The van der Waals surface area contributed by atoms with Gasteiger partial charge in [-0.2, -0.15) is 4.98 Å². The van der Waals surface area contributed by atoms with Crippen LogP contribution in [0.5, 0.6) is 0 Å². The van der Waals surface area contributed by atoms with Gasteiger partial charge in [-0.1, -0.05) is 42.5 Å². The maximum absolute atomic E-state index is 15.7. The lowest BCUT2D eigenvalue weighted by molar-refractivity contribution is 0.478. The SMILES string of the molecule is CC(C)n1c(=O)c(-c2cccc(NS(=O)(=O)Cc3ccccc3)c2F)cc2cnc(N[C@H]3CCCNC3)nc21. The van der Waals surface area contributed by atoms with Crippen molar-refractivity contribution >= 4 is 32.7 Å². The van der Waals surface area contributed by atoms with Gasteiger partial charge >= 0.3 is 0 Å². The molecule has 9 nitrogen and oxygen atoms in total. The molecule has 3 heterocycles. The Morgan fingerprint density at radius 2 is 1.92 bits per heavy atom. The Morgan fingerprint density at radius 3 is 2.64 bits per heavy atom. The number of sulfonamides is 1. The zero-order chi connectivity index (χ0) is 27.6. The van der Waals surface area contributed by atoms with E-state index in [0.717, 1.165) is 25.9 Å². The van der Waals surface area contributed by atoms with E-state index in [1.54, 1.807) is 42.6 Å². The molecular weight excluding hydrogens is 519 g/mol. The molecular formula is C28H31FN6O3S. The van der Waals surface area contributed by atoms with Gasteiger partial charge in [0, 0.05) is 35.8 Å². The molecule has 0 unspecified atom stereocenters. The molecule has 0 aliphatic carbocycles. The van der Waals surface area contributed by atoms with Crippen molar-refractivity contribution in [1.82, 2.24) is 19.9 Å². The summed E-state index contributed by atoms with van der Waals surface area (Å²) in [4.78, 5) is 22.8. The van der Waals surface area contributed by atoms with E-state index in [0.29, 0.717) is 22.5 Å². The van der Waals surface area contributed by atoms with Crippen LogP contribution in [0.4, 0.5) is 16.0 Å². The van der Waals surface area contributed by atoms with Crippen molar-refractivity contribution in [3.63, 3.8) is 0 Å². The van der Waals surface area contributed by atoms with E-state index < -0.39 is 21.4 Å². The van der Waals surface area contributed by atoms with Crippen LogP contribution in [0.15, 0.2) is 65.6 Å². The van der Waals surface area contributed by atoms with Gasteiger partial charge in [0.05, 0.1) is 17.0 Å². The summed E-state index contributed by atoms with van der Waals surface area (Å²) in [6.45, 7) is 5.51. The van der Waals surface area contributed by atoms with E-state index >= 15 is 4.39 Å². The first-order valence-electron chi connectivity index (χ1n) is 12.9. The molecule has 0 saturated carbocycles. The van der Waals surface area contributed by atoms with Crippen molar-refractivity contribution in [3.8, 4) is 11.1 Å². The van der Waals surface area contributed by atoms with Gasteiger partial charge in [-0.25, -0.2) is 17.8 Å². The summed E-state index contributed by atoms with van der Waals surface area (Å²) in [5.74, 6) is -0.707. The standard InChI is InChI=1S/C28H31FN6O3S/c1-18(2)35-26-20(15-31-28(33-26)32-21-10-7-13-30-16-21)14-23(27(35)36)22-11-6-12-24(25(22)29)34-39(37,38)17-19-8-4-3-5-9-19/h3-6,8-9,11-12,14-15,18,21,30,34H,7,10,13,16-17H2,1-2H3,(H,31,32,33)/t21-/m0/s1. The molecule has 2 aromatic heterocycles. The highest BCUT2D eigenvalue weighted by Gasteiger charge is 2.22. The first kappa shape index (κ1) is 26.8. The molecule has 0 bridgehead atoms. The second-order valence-corrected chi connectivity index (χ2v) is 11.7. The Labute approximate surface area is 226 Å². The van der Waals surface area contributed by atoms with E-state index in [1.165, 1.54) is 22.8 Å². The minimum absolute atomic E-state index is 0.00769. The number of anilines is 2. The van der Waals surface area contributed by atoms with Gasteiger partial charge in [-0.15, -0.1) is 0 Å². The van der Waals surface area contributed by atoms with Crippen LogP contribution in [-0.4, -0.2) is 42.1 Å². The third-order valence-corrected chi connectivity index (χ3v) is 7.92. The highest BCUT2D eigenvalue weighted by atomic mass is 32.2. The predicted octanol–water partition coefficient (Wildman–Crippen LogP) is 4.28. The molecule has 39 heavy (non-hydrogen) atoms. The lowest BCUT2D eigenvalue weighted by atomic mass is 10.0. The average Bonchev–Trinajstić information content (AvgIpc) is 2.90. The van der Waals surface area contributed by atoms with E-state index in [4.69, 9.17) is 0 Å². The van der Waals surface area contributed by atoms with Crippen LogP contribution in [0.2, 0.25) is 0 Å². The van der Waals surface area contributed by atoms with Crippen LogP contribution in [0, 0.1) is 5.82 Å².